The second-order valence-corrected chi connectivity index (χ2v) is 6.71. The maximum atomic E-state index is 13.9. The molecule has 1 aromatic heterocycles. The third-order valence-electron chi connectivity index (χ3n) is 4.63. The highest BCUT2D eigenvalue weighted by molar-refractivity contribution is 5.96. The highest BCUT2D eigenvalue weighted by atomic mass is 19.1. The third kappa shape index (κ3) is 4.24. The summed E-state index contributed by atoms with van der Waals surface area (Å²) in [5, 5.41) is 0. The maximum absolute atomic E-state index is 13.9. The molecule has 1 fully saturated rings. The standard InChI is InChI=1S/C20H23FN4O2/c1-23(2)18-14-15(8-9-22-18)19(26)24-10-5-11-25(13-12-24)20(27)16-6-3-4-7-17(16)21/h3-4,6-9,14H,5,10-13H2,1-2H3. The molecular weight excluding hydrogens is 347 g/mol. The lowest BCUT2D eigenvalue weighted by molar-refractivity contribution is 0.0716. The molecule has 7 heteroatoms. The van der Waals surface area contributed by atoms with Crippen molar-refractivity contribution in [3.8, 4) is 0 Å². The number of aromatic nitrogens is 1. The van der Waals surface area contributed by atoms with Gasteiger partial charge in [0.2, 0.25) is 0 Å². The van der Waals surface area contributed by atoms with Gasteiger partial charge in [-0.15, -0.1) is 0 Å². The lowest BCUT2D eigenvalue weighted by atomic mass is 10.2. The average Bonchev–Trinajstić information content (AvgIpc) is 2.93. The zero-order valence-corrected chi connectivity index (χ0v) is 15.6. The Hall–Kier alpha value is -2.96. The van der Waals surface area contributed by atoms with Crippen LogP contribution < -0.4 is 4.90 Å². The Morgan fingerprint density at radius 2 is 1.67 bits per heavy atom. The smallest absolute Gasteiger partial charge is 0.256 e. The second-order valence-electron chi connectivity index (χ2n) is 6.71. The molecule has 1 aromatic carbocycles. The van der Waals surface area contributed by atoms with Gasteiger partial charge in [-0.1, -0.05) is 12.1 Å². The number of halogens is 1. The Labute approximate surface area is 158 Å². The van der Waals surface area contributed by atoms with E-state index in [1.807, 2.05) is 19.0 Å². The fourth-order valence-electron chi connectivity index (χ4n) is 3.11. The Morgan fingerprint density at radius 1 is 1.00 bits per heavy atom. The summed E-state index contributed by atoms with van der Waals surface area (Å²) in [6.45, 7) is 1.85. The highest BCUT2D eigenvalue weighted by Gasteiger charge is 2.25. The lowest BCUT2D eigenvalue weighted by Gasteiger charge is -2.23. The van der Waals surface area contributed by atoms with Crippen molar-refractivity contribution in [2.24, 2.45) is 0 Å². The molecule has 1 aliphatic heterocycles. The number of nitrogens with zero attached hydrogens (tertiary/aromatic N) is 4. The fraction of sp³-hybridized carbons (Fsp3) is 0.350. The van der Waals surface area contributed by atoms with Crippen LogP contribution in [-0.2, 0) is 0 Å². The van der Waals surface area contributed by atoms with Gasteiger partial charge in [0.05, 0.1) is 5.56 Å². The largest absolute Gasteiger partial charge is 0.363 e. The van der Waals surface area contributed by atoms with Gasteiger partial charge in [0.25, 0.3) is 11.8 Å². The van der Waals surface area contributed by atoms with Crippen LogP contribution in [0.1, 0.15) is 27.1 Å². The van der Waals surface area contributed by atoms with Crippen molar-refractivity contribution in [2.75, 3.05) is 45.2 Å². The van der Waals surface area contributed by atoms with E-state index in [1.165, 1.54) is 12.1 Å². The van der Waals surface area contributed by atoms with E-state index in [1.54, 1.807) is 40.3 Å². The molecule has 2 amide bonds. The van der Waals surface area contributed by atoms with Crippen LogP contribution in [0.15, 0.2) is 42.6 Å². The number of rotatable bonds is 3. The zero-order valence-electron chi connectivity index (χ0n) is 15.6. The predicted molar refractivity (Wildman–Crippen MR) is 101 cm³/mol. The Kier molecular flexibility index (Phi) is 5.69. The summed E-state index contributed by atoms with van der Waals surface area (Å²) < 4.78 is 13.9. The number of hydrogen-bond acceptors (Lipinski definition) is 4. The molecule has 0 aliphatic carbocycles. The maximum Gasteiger partial charge on any atom is 0.256 e. The second kappa shape index (κ2) is 8.16. The molecule has 0 N–H and O–H groups in total. The molecule has 2 aromatic rings. The summed E-state index contributed by atoms with van der Waals surface area (Å²) in [7, 11) is 3.74. The number of anilines is 1. The number of carbonyl (C=O) groups excluding carboxylic acids is 2. The molecule has 1 aliphatic rings. The molecule has 142 valence electrons. The minimum absolute atomic E-state index is 0.0713. The monoisotopic (exact) mass is 370 g/mol. The fourth-order valence-corrected chi connectivity index (χ4v) is 3.11. The zero-order chi connectivity index (χ0) is 19.4. The molecule has 0 saturated carbocycles. The van der Waals surface area contributed by atoms with Gasteiger partial charge in [0, 0.05) is 52.0 Å². The van der Waals surface area contributed by atoms with Gasteiger partial charge in [-0.2, -0.15) is 0 Å². The number of pyridine rings is 1. The molecule has 0 unspecified atom stereocenters. The van der Waals surface area contributed by atoms with Crippen molar-refractivity contribution in [3.05, 3.63) is 59.5 Å². The predicted octanol–water partition coefficient (Wildman–Crippen LogP) is 2.28. The van der Waals surface area contributed by atoms with Crippen LogP contribution in [0.4, 0.5) is 10.2 Å². The van der Waals surface area contributed by atoms with Crippen LogP contribution in [-0.4, -0.2) is 66.9 Å². The van der Waals surface area contributed by atoms with Crippen LogP contribution in [0.3, 0.4) is 0 Å². The van der Waals surface area contributed by atoms with Gasteiger partial charge in [-0.25, -0.2) is 9.37 Å². The molecule has 6 nitrogen and oxygen atoms in total. The first-order valence-corrected chi connectivity index (χ1v) is 8.94. The highest BCUT2D eigenvalue weighted by Crippen LogP contribution is 2.16. The van der Waals surface area contributed by atoms with Gasteiger partial charge in [-0.05, 0) is 30.7 Å². The summed E-state index contributed by atoms with van der Waals surface area (Å²) in [6.07, 6.45) is 2.27. The first-order valence-electron chi connectivity index (χ1n) is 8.94. The van der Waals surface area contributed by atoms with Crippen molar-refractivity contribution in [1.29, 1.82) is 0 Å². The Bertz CT molecular complexity index is 840. The molecule has 1 saturated heterocycles. The molecule has 27 heavy (non-hydrogen) atoms. The summed E-state index contributed by atoms with van der Waals surface area (Å²) in [6, 6.07) is 9.44. The van der Waals surface area contributed by atoms with E-state index in [2.05, 4.69) is 4.98 Å². The third-order valence-corrected chi connectivity index (χ3v) is 4.63. The summed E-state index contributed by atoms with van der Waals surface area (Å²) in [5.41, 5.74) is 0.643. The Balaban J connectivity index is 1.69. The molecule has 0 radical (unpaired) electrons. The number of benzene rings is 1. The quantitative estimate of drug-likeness (QED) is 0.832. The van der Waals surface area contributed by atoms with Gasteiger partial charge < -0.3 is 14.7 Å². The minimum atomic E-state index is -0.521. The van der Waals surface area contributed by atoms with E-state index in [4.69, 9.17) is 0 Å². The molecular formula is C20H23FN4O2. The van der Waals surface area contributed by atoms with E-state index >= 15 is 0 Å². The molecule has 0 atom stereocenters. The topological polar surface area (TPSA) is 56.8 Å². The van der Waals surface area contributed by atoms with Crippen molar-refractivity contribution >= 4 is 17.6 Å². The van der Waals surface area contributed by atoms with Crippen LogP contribution in [0.25, 0.3) is 0 Å². The van der Waals surface area contributed by atoms with Gasteiger partial charge >= 0.3 is 0 Å². The molecule has 0 bridgehead atoms. The summed E-state index contributed by atoms with van der Waals surface area (Å²) in [5.74, 6) is -0.221. The van der Waals surface area contributed by atoms with E-state index in [-0.39, 0.29) is 17.4 Å². The van der Waals surface area contributed by atoms with E-state index in [0.29, 0.717) is 44.0 Å². The van der Waals surface area contributed by atoms with Crippen molar-refractivity contribution in [2.45, 2.75) is 6.42 Å². The minimum Gasteiger partial charge on any atom is -0.363 e. The normalized spacial score (nSPS) is 14.6. The van der Waals surface area contributed by atoms with Crippen LogP contribution in [0.5, 0.6) is 0 Å². The van der Waals surface area contributed by atoms with E-state index in [9.17, 15) is 14.0 Å². The SMILES string of the molecule is CN(C)c1cc(C(=O)N2CCCN(C(=O)c3ccccc3F)CC2)ccn1. The van der Waals surface area contributed by atoms with Gasteiger partial charge in [-0.3, -0.25) is 9.59 Å². The summed E-state index contributed by atoms with van der Waals surface area (Å²) >= 11 is 0. The first kappa shape index (κ1) is 18.8. The molecule has 2 heterocycles. The first-order chi connectivity index (χ1) is 13.0. The Morgan fingerprint density at radius 3 is 2.33 bits per heavy atom. The molecule has 3 rings (SSSR count). The van der Waals surface area contributed by atoms with E-state index in [0.717, 1.165) is 0 Å². The lowest BCUT2D eigenvalue weighted by Crippen LogP contribution is -2.37. The number of hydrogen-bond donors (Lipinski definition) is 0. The van der Waals surface area contributed by atoms with E-state index < -0.39 is 5.82 Å². The molecule has 0 spiro atoms. The van der Waals surface area contributed by atoms with Crippen molar-refractivity contribution < 1.29 is 14.0 Å². The van der Waals surface area contributed by atoms with Crippen molar-refractivity contribution in [3.63, 3.8) is 0 Å². The number of carbonyl (C=O) groups is 2. The van der Waals surface area contributed by atoms with Crippen LogP contribution >= 0.6 is 0 Å². The van der Waals surface area contributed by atoms with Gasteiger partial charge in [0.1, 0.15) is 11.6 Å². The summed E-state index contributed by atoms with van der Waals surface area (Å²) in [4.78, 5) is 34.9. The van der Waals surface area contributed by atoms with Crippen LogP contribution in [0, 0.1) is 5.82 Å². The average molecular weight is 370 g/mol. The van der Waals surface area contributed by atoms with Crippen molar-refractivity contribution in [1.82, 2.24) is 14.8 Å². The van der Waals surface area contributed by atoms with Gasteiger partial charge in [0.15, 0.2) is 0 Å². The number of amides is 2. The van der Waals surface area contributed by atoms with Crippen LogP contribution in [0.2, 0.25) is 0 Å².